The van der Waals surface area contributed by atoms with Crippen LogP contribution in [0, 0.1) is 11.3 Å². The fraction of sp³-hybridized carbons (Fsp3) is 0.467. The van der Waals surface area contributed by atoms with E-state index >= 15 is 0 Å². The van der Waals surface area contributed by atoms with Crippen LogP contribution < -0.4 is 0 Å². The summed E-state index contributed by atoms with van der Waals surface area (Å²) in [5.74, 6) is -0.799. The standard InChI is InChI=1S/C15H17NO3/c17-13(11-4-2-1-3-5-11)16-8-6-15(7-9-16)10-12(15)14(18)19/h1-5,12H,6-10H2,(H,18,19). The Balaban J connectivity index is 1.62. The monoisotopic (exact) mass is 259 g/mol. The molecular weight excluding hydrogens is 242 g/mol. The van der Waals surface area contributed by atoms with Crippen molar-refractivity contribution < 1.29 is 14.7 Å². The Hall–Kier alpha value is -1.84. The lowest BCUT2D eigenvalue weighted by Crippen LogP contribution is -2.39. The van der Waals surface area contributed by atoms with Gasteiger partial charge in [0.25, 0.3) is 5.91 Å². The van der Waals surface area contributed by atoms with Crippen LogP contribution in [0.4, 0.5) is 0 Å². The first-order chi connectivity index (χ1) is 9.12. The molecule has 1 unspecified atom stereocenters. The van der Waals surface area contributed by atoms with E-state index < -0.39 is 5.97 Å². The highest BCUT2D eigenvalue weighted by molar-refractivity contribution is 5.94. The first-order valence-electron chi connectivity index (χ1n) is 6.69. The summed E-state index contributed by atoms with van der Waals surface area (Å²) in [4.78, 5) is 25.1. The molecular formula is C15H17NO3. The van der Waals surface area contributed by atoms with Crippen LogP contribution in [0.1, 0.15) is 29.6 Å². The molecule has 1 atom stereocenters. The van der Waals surface area contributed by atoms with Gasteiger partial charge in [0.15, 0.2) is 0 Å². The van der Waals surface area contributed by atoms with E-state index in [4.69, 9.17) is 5.11 Å². The van der Waals surface area contributed by atoms with Crippen LogP contribution in [-0.4, -0.2) is 35.0 Å². The zero-order valence-corrected chi connectivity index (χ0v) is 10.7. The molecule has 1 spiro atoms. The Morgan fingerprint density at radius 2 is 1.79 bits per heavy atom. The maximum absolute atomic E-state index is 12.3. The van der Waals surface area contributed by atoms with Crippen LogP contribution in [-0.2, 0) is 4.79 Å². The summed E-state index contributed by atoms with van der Waals surface area (Å²) in [5, 5.41) is 9.04. The van der Waals surface area contributed by atoms with E-state index in [0.717, 1.165) is 19.3 Å². The van der Waals surface area contributed by atoms with E-state index in [1.165, 1.54) is 0 Å². The lowest BCUT2D eigenvalue weighted by Gasteiger charge is -2.32. The average molecular weight is 259 g/mol. The summed E-state index contributed by atoms with van der Waals surface area (Å²) in [6.07, 6.45) is 2.43. The minimum atomic E-state index is -0.678. The predicted molar refractivity (Wildman–Crippen MR) is 69.8 cm³/mol. The number of rotatable bonds is 2. The Morgan fingerprint density at radius 3 is 2.32 bits per heavy atom. The number of likely N-dealkylation sites (tertiary alicyclic amines) is 1. The van der Waals surface area contributed by atoms with Crippen LogP contribution in [0.5, 0.6) is 0 Å². The molecule has 0 radical (unpaired) electrons. The molecule has 0 bridgehead atoms. The highest BCUT2D eigenvalue weighted by atomic mass is 16.4. The SMILES string of the molecule is O=C(O)C1CC12CCN(C(=O)c1ccccc1)CC2. The normalized spacial score (nSPS) is 24.2. The molecule has 1 saturated carbocycles. The van der Waals surface area contributed by atoms with Crippen molar-refractivity contribution in [2.75, 3.05) is 13.1 Å². The molecule has 4 heteroatoms. The van der Waals surface area contributed by atoms with E-state index in [9.17, 15) is 9.59 Å². The molecule has 19 heavy (non-hydrogen) atoms. The number of hydrogen-bond acceptors (Lipinski definition) is 2. The molecule has 2 aliphatic rings. The second-order valence-corrected chi connectivity index (χ2v) is 5.62. The number of aliphatic carboxylic acids is 1. The lowest BCUT2D eigenvalue weighted by molar-refractivity contribution is -0.139. The van der Waals surface area contributed by atoms with Gasteiger partial charge in [-0.3, -0.25) is 9.59 Å². The van der Waals surface area contributed by atoms with Gasteiger partial charge in [0.2, 0.25) is 0 Å². The summed E-state index contributed by atoms with van der Waals surface area (Å²) < 4.78 is 0. The number of benzene rings is 1. The molecule has 0 aromatic heterocycles. The number of amides is 1. The number of carboxylic acids is 1. The van der Waals surface area contributed by atoms with Gasteiger partial charge in [-0.05, 0) is 36.8 Å². The smallest absolute Gasteiger partial charge is 0.307 e. The summed E-state index contributed by atoms with van der Waals surface area (Å²) in [6, 6.07) is 9.26. The van der Waals surface area contributed by atoms with Crippen molar-refractivity contribution in [2.45, 2.75) is 19.3 Å². The largest absolute Gasteiger partial charge is 0.481 e. The summed E-state index contributed by atoms with van der Waals surface area (Å²) >= 11 is 0. The molecule has 1 heterocycles. The second-order valence-electron chi connectivity index (χ2n) is 5.62. The van der Waals surface area contributed by atoms with Crippen molar-refractivity contribution in [3.63, 3.8) is 0 Å². The molecule has 1 aliphatic carbocycles. The van der Waals surface area contributed by atoms with Gasteiger partial charge in [0.1, 0.15) is 0 Å². The highest BCUT2D eigenvalue weighted by Gasteiger charge is 2.59. The molecule has 2 fully saturated rings. The maximum Gasteiger partial charge on any atom is 0.307 e. The van der Waals surface area contributed by atoms with Crippen LogP contribution in [0.2, 0.25) is 0 Å². The first kappa shape index (κ1) is 12.2. The third kappa shape index (κ3) is 2.11. The number of carbonyl (C=O) groups excluding carboxylic acids is 1. The Bertz CT molecular complexity index is 503. The third-order valence-electron chi connectivity index (χ3n) is 4.55. The predicted octanol–water partition coefficient (Wildman–Crippen LogP) is 2.01. The minimum Gasteiger partial charge on any atom is -0.481 e. The van der Waals surface area contributed by atoms with Gasteiger partial charge < -0.3 is 10.0 Å². The van der Waals surface area contributed by atoms with Gasteiger partial charge >= 0.3 is 5.97 Å². The maximum atomic E-state index is 12.3. The zero-order valence-electron chi connectivity index (χ0n) is 10.7. The number of piperidine rings is 1. The van der Waals surface area contributed by atoms with Crippen LogP contribution >= 0.6 is 0 Å². The fourth-order valence-electron chi connectivity index (χ4n) is 3.17. The summed E-state index contributed by atoms with van der Waals surface area (Å²) in [5.41, 5.74) is 0.697. The van der Waals surface area contributed by atoms with Gasteiger partial charge in [-0.25, -0.2) is 0 Å². The van der Waals surface area contributed by atoms with E-state index in [0.29, 0.717) is 18.7 Å². The number of carboxylic acid groups (broad SMARTS) is 1. The number of hydrogen-bond donors (Lipinski definition) is 1. The van der Waals surface area contributed by atoms with Crippen molar-refractivity contribution in [1.29, 1.82) is 0 Å². The lowest BCUT2D eigenvalue weighted by atomic mass is 9.90. The Morgan fingerprint density at radius 1 is 1.16 bits per heavy atom. The summed E-state index contributed by atoms with van der Waals surface area (Å²) in [7, 11) is 0. The molecule has 1 amide bonds. The average Bonchev–Trinajstić information content (AvgIpc) is 3.14. The van der Waals surface area contributed by atoms with Gasteiger partial charge in [-0.1, -0.05) is 18.2 Å². The number of nitrogens with zero attached hydrogens (tertiary/aromatic N) is 1. The first-order valence-corrected chi connectivity index (χ1v) is 6.69. The van der Waals surface area contributed by atoms with Crippen LogP contribution in [0.3, 0.4) is 0 Å². The Labute approximate surface area is 112 Å². The van der Waals surface area contributed by atoms with Gasteiger partial charge in [-0.15, -0.1) is 0 Å². The molecule has 1 aromatic carbocycles. The van der Waals surface area contributed by atoms with Gasteiger partial charge in [0, 0.05) is 18.7 Å². The van der Waals surface area contributed by atoms with Crippen LogP contribution in [0.15, 0.2) is 30.3 Å². The quantitative estimate of drug-likeness (QED) is 0.884. The zero-order chi connectivity index (χ0) is 13.5. The fourth-order valence-corrected chi connectivity index (χ4v) is 3.17. The Kier molecular flexibility index (Phi) is 2.81. The van der Waals surface area contributed by atoms with E-state index in [2.05, 4.69) is 0 Å². The van der Waals surface area contributed by atoms with E-state index in [1.54, 1.807) is 0 Å². The van der Waals surface area contributed by atoms with Gasteiger partial charge in [0.05, 0.1) is 5.92 Å². The molecule has 1 aromatic rings. The van der Waals surface area contributed by atoms with Crippen molar-refractivity contribution in [2.24, 2.45) is 11.3 Å². The van der Waals surface area contributed by atoms with Crippen molar-refractivity contribution >= 4 is 11.9 Å². The van der Waals surface area contributed by atoms with E-state index in [-0.39, 0.29) is 17.2 Å². The van der Waals surface area contributed by atoms with E-state index in [1.807, 2.05) is 35.2 Å². The second kappa shape index (κ2) is 4.37. The van der Waals surface area contributed by atoms with Crippen LogP contribution in [0.25, 0.3) is 0 Å². The van der Waals surface area contributed by atoms with Crippen molar-refractivity contribution in [1.82, 2.24) is 4.90 Å². The molecule has 1 N–H and O–H groups in total. The molecule has 3 rings (SSSR count). The summed E-state index contributed by atoms with van der Waals surface area (Å²) in [6.45, 7) is 1.36. The molecule has 100 valence electrons. The molecule has 1 saturated heterocycles. The minimum absolute atomic E-state index is 0.0146. The van der Waals surface area contributed by atoms with Crippen molar-refractivity contribution in [3.05, 3.63) is 35.9 Å². The van der Waals surface area contributed by atoms with Crippen molar-refractivity contribution in [3.8, 4) is 0 Å². The topological polar surface area (TPSA) is 57.6 Å². The third-order valence-corrected chi connectivity index (χ3v) is 4.55. The van der Waals surface area contributed by atoms with Gasteiger partial charge in [-0.2, -0.15) is 0 Å². The molecule has 1 aliphatic heterocycles. The highest BCUT2D eigenvalue weighted by Crippen LogP contribution is 2.59. The molecule has 4 nitrogen and oxygen atoms in total. The number of carbonyl (C=O) groups is 2.